The molecule has 5 nitrogen and oxygen atoms in total. The zero-order chi connectivity index (χ0) is 20.5. The highest BCUT2D eigenvalue weighted by atomic mass is 16.5. The Morgan fingerprint density at radius 2 is 1.83 bits per heavy atom. The van der Waals surface area contributed by atoms with Crippen molar-refractivity contribution in [3.8, 4) is 0 Å². The summed E-state index contributed by atoms with van der Waals surface area (Å²) in [6.07, 6.45) is 3.05. The molecule has 1 aliphatic rings. The highest BCUT2D eigenvalue weighted by Crippen LogP contribution is 2.17. The molecule has 1 fully saturated rings. The van der Waals surface area contributed by atoms with Crippen LogP contribution in [0.25, 0.3) is 0 Å². The first-order valence-electron chi connectivity index (χ1n) is 10.5. The molecule has 0 saturated carbocycles. The van der Waals surface area contributed by atoms with E-state index in [-0.39, 0.29) is 12.6 Å². The van der Waals surface area contributed by atoms with E-state index in [4.69, 9.17) is 4.74 Å². The standard InChI is InChI=1S/C24H32N2O3/c1-29-24(28)22-11-9-21(10-12-22)18-25-15-16-26(23(19-25)13-17-27)14-5-8-20-6-3-2-4-7-20/h2-4,6-7,9-12,23,27H,5,8,13-19H2,1H3/t23-/m1/s1. The zero-order valence-electron chi connectivity index (χ0n) is 17.3. The number of nitrogens with zero attached hydrogens (tertiary/aromatic N) is 2. The minimum Gasteiger partial charge on any atom is -0.465 e. The van der Waals surface area contributed by atoms with Gasteiger partial charge in [0, 0.05) is 38.8 Å². The van der Waals surface area contributed by atoms with Crippen LogP contribution >= 0.6 is 0 Å². The van der Waals surface area contributed by atoms with Gasteiger partial charge in [0.2, 0.25) is 0 Å². The Morgan fingerprint density at radius 1 is 1.07 bits per heavy atom. The molecule has 1 N–H and O–H groups in total. The molecule has 0 radical (unpaired) electrons. The second-order valence-corrected chi connectivity index (χ2v) is 7.71. The number of ether oxygens (including phenoxy) is 1. The highest BCUT2D eigenvalue weighted by Gasteiger charge is 2.26. The first kappa shape index (κ1) is 21.5. The van der Waals surface area contributed by atoms with E-state index in [2.05, 4.69) is 40.1 Å². The van der Waals surface area contributed by atoms with E-state index >= 15 is 0 Å². The Kier molecular flexibility index (Phi) is 8.23. The van der Waals surface area contributed by atoms with Gasteiger partial charge in [-0.1, -0.05) is 42.5 Å². The monoisotopic (exact) mass is 396 g/mol. The minimum absolute atomic E-state index is 0.224. The third kappa shape index (κ3) is 6.39. The molecule has 0 amide bonds. The number of carbonyl (C=O) groups excluding carboxylic acids is 1. The van der Waals surface area contributed by atoms with E-state index in [1.165, 1.54) is 18.2 Å². The van der Waals surface area contributed by atoms with Crippen molar-refractivity contribution in [2.75, 3.05) is 39.9 Å². The molecule has 0 bridgehead atoms. The number of hydrogen-bond donors (Lipinski definition) is 1. The second-order valence-electron chi connectivity index (χ2n) is 7.71. The molecule has 2 aromatic carbocycles. The average Bonchev–Trinajstić information content (AvgIpc) is 2.76. The van der Waals surface area contributed by atoms with E-state index in [1.807, 2.05) is 24.3 Å². The van der Waals surface area contributed by atoms with E-state index in [1.54, 1.807) is 0 Å². The molecule has 0 unspecified atom stereocenters. The van der Waals surface area contributed by atoms with Crippen LogP contribution in [0.2, 0.25) is 0 Å². The summed E-state index contributed by atoms with van der Waals surface area (Å²) in [5.41, 5.74) is 3.16. The lowest BCUT2D eigenvalue weighted by molar-refractivity contribution is 0.0547. The Bertz CT molecular complexity index is 748. The maximum atomic E-state index is 11.6. The number of hydrogen-bond acceptors (Lipinski definition) is 5. The Morgan fingerprint density at radius 3 is 2.52 bits per heavy atom. The van der Waals surface area contributed by atoms with Gasteiger partial charge in [-0.05, 0) is 49.1 Å². The highest BCUT2D eigenvalue weighted by molar-refractivity contribution is 5.89. The lowest BCUT2D eigenvalue weighted by Gasteiger charge is -2.41. The number of carbonyl (C=O) groups is 1. The molecule has 1 atom stereocenters. The molecule has 1 heterocycles. The summed E-state index contributed by atoms with van der Waals surface area (Å²) in [5, 5.41) is 9.53. The second kappa shape index (κ2) is 11.1. The summed E-state index contributed by atoms with van der Waals surface area (Å²) in [6, 6.07) is 18.7. The quantitative estimate of drug-likeness (QED) is 0.661. The average molecular weight is 397 g/mol. The maximum Gasteiger partial charge on any atom is 0.337 e. The maximum absolute atomic E-state index is 11.6. The lowest BCUT2D eigenvalue weighted by Crippen LogP contribution is -2.53. The summed E-state index contributed by atoms with van der Waals surface area (Å²) in [7, 11) is 1.40. The number of esters is 1. The predicted molar refractivity (Wildman–Crippen MR) is 115 cm³/mol. The number of aliphatic hydroxyl groups excluding tert-OH is 1. The summed E-state index contributed by atoms with van der Waals surface area (Å²) in [6.45, 7) is 5.17. The summed E-state index contributed by atoms with van der Waals surface area (Å²) in [4.78, 5) is 16.6. The molecule has 0 aliphatic carbocycles. The van der Waals surface area contributed by atoms with Crippen molar-refractivity contribution in [2.45, 2.75) is 31.8 Å². The fourth-order valence-electron chi connectivity index (χ4n) is 4.07. The minimum atomic E-state index is -0.302. The number of aryl methyl sites for hydroxylation is 1. The number of aliphatic hydroxyl groups is 1. The molecule has 5 heteroatoms. The van der Waals surface area contributed by atoms with E-state index in [0.717, 1.165) is 52.0 Å². The van der Waals surface area contributed by atoms with Gasteiger partial charge in [0.15, 0.2) is 0 Å². The van der Waals surface area contributed by atoms with Gasteiger partial charge in [-0.15, -0.1) is 0 Å². The van der Waals surface area contributed by atoms with Crippen LogP contribution in [0.4, 0.5) is 0 Å². The van der Waals surface area contributed by atoms with Crippen molar-refractivity contribution in [2.24, 2.45) is 0 Å². The van der Waals surface area contributed by atoms with Crippen LogP contribution in [0.1, 0.15) is 34.3 Å². The smallest absolute Gasteiger partial charge is 0.337 e. The van der Waals surface area contributed by atoms with Crippen LogP contribution in [-0.2, 0) is 17.7 Å². The van der Waals surface area contributed by atoms with Crippen LogP contribution in [0.5, 0.6) is 0 Å². The van der Waals surface area contributed by atoms with Gasteiger partial charge in [-0.25, -0.2) is 4.79 Å². The number of rotatable bonds is 9. The van der Waals surface area contributed by atoms with E-state index < -0.39 is 0 Å². The largest absolute Gasteiger partial charge is 0.465 e. The van der Waals surface area contributed by atoms with Crippen molar-refractivity contribution in [3.63, 3.8) is 0 Å². The van der Waals surface area contributed by atoms with Gasteiger partial charge in [-0.2, -0.15) is 0 Å². The van der Waals surface area contributed by atoms with Gasteiger partial charge < -0.3 is 9.84 Å². The molecule has 0 spiro atoms. The fraction of sp³-hybridized carbons (Fsp3) is 0.458. The van der Waals surface area contributed by atoms with Gasteiger partial charge in [0.1, 0.15) is 0 Å². The van der Waals surface area contributed by atoms with Crippen molar-refractivity contribution in [1.29, 1.82) is 0 Å². The molecular weight excluding hydrogens is 364 g/mol. The fourth-order valence-corrected chi connectivity index (χ4v) is 4.07. The third-order valence-electron chi connectivity index (χ3n) is 5.69. The van der Waals surface area contributed by atoms with Crippen LogP contribution in [0.15, 0.2) is 54.6 Å². The van der Waals surface area contributed by atoms with Crippen LogP contribution in [0.3, 0.4) is 0 Å². The molecule has 29 heavy (non-hydrogen) atoms. The van der Waals surface area contributed by atoms with Crippen molar-refractivity contribution < 1.29 is 14.6 Å². The van der Waals surface area contributed by atoms with Crippen LogP contribution in [-0.4, -0.2) is 66.8 Å². The third-order valence-corrected chi connectivity index (χ3v) is 5.69. The Labute approximate surface area is 173 Å². The van der Waals surface area contributed by atoms with Crippen LogP contribution in [0, 0.1) is 0 Å². The Balaban J connectivity index is 1.50. The Hall–Kier alpha value is -2.21. The van der Waals surface area contributed by atoms with E-state index in [9.17, 15) is 9.90 Å². The SMILES string of the molecule is COC(=O)c1ccc(CN2CCN(CCCc3ccccc3)[C@H](CCO)C2)cc1. The van der Waals surface area contributed by atoms with E-state index in [0.29, 0.717) is 11.6 Å². The first-order valence-corrected chi connectivity index (χ1v) is 10.5. The molecule has 0 aromatic heterocycles. The zero-order valence-corrected chi connectivity index (χ0v) is 17.3. The molecule has 1 aliphatic heterocycles. The molecule has 1 saturated heterocycles. The number of benzene rings is 2. The topological polar surface area (TPSA) is 53.0 Å². The van der Waals surface area contributed by atoms with Gasteiger partial charge in [0.25, 0.3) is 0 Å². The molecule has 156 valence electrons. The summed E-state index contributed by atoms with van der Waals surface area (Å²) < 4.78 is 4.76. The lowest BCUT2D eigenvalue weighted by atomic mass is 10.0. The predicted octanol–water partition coefficient (Wildman–Crippen LogP) is 2.97. The summed E-state index contributed by atoms with van der Waals surface area (Å²) >= 11 is 0. The van der Waals surface area contributed by atoms with Crippen molar-refractivity contribution >= 4 is 5.97 Å². The molecule has 2 aromatic rings. The first-order chi connectivity index (χ1) is 14.2. The summed E-state index contributed by atoms with van der Waals surface area (Å²) in [5.74, 6) is -0.302. The van der Waals surface area contributed by atoms with Gasteiger partial charge >= 0.3 is 5.97 Å². The van der Waals surface area contributed by atoms with Crippen molar-refractivity contribution in [3.05, 3.63) is 71.3 Å². The molecule has 3 rings (SSSR count). The molecular formula is C24H32N2O3. The van der Waals surface area contributed by atoms with Gasteiger partial charge in [0.05, 0.1) is 12.7 Å². The normalized spacial score (nSPS) is 17.9. The van der Waals surface area contributed by atoms with Gasteiger partial charge in [-0.3, -0.25) is 9.80 Å². The van der Waals surface area contributed by atoms with Crippen LogP contribution < -0.4 is 0 Å². The number of piperazine rings is 1. The van der Waals surface area contributed by atoms with Crippen molar-refractivity contribution in [1.82, 2.24) is 9.80 Å². The number of methoxy groups -OCH3 is 1.